The third-order valence-electron chi connectivity index (χ3n) is 3.43. The summed E-state index contributed by atoms with van der Waals surface area (Å²) in [4.78, 5) is 0. The molecule has 0 spiro atoms. The van der Waals surface area contributed by atoms with Gasteiger partial charge in [0, 0.05) is 11.9 Å². The van der Waals surface area contributed by atoms with Crippen LogP contribution in [0.25, 0.3) is 5.57 Å². The van der Waals surface area contributed by atoms with Crippen molar-refractivity contribution in [2.75, 3.05) is 5.32 Å². The molecule has 106 valence electrons. The van der Waals surface area contributed by atoms with Gasteiger partial charge in [-0.2, -0.15) is 0 Å². The Bertz CT molecular complexity index is 520. The lowest BCUT2D eigenvalue weighted by atomic mass is 9.99. The summed E-state index contributed by atoms with van der Waals surface area (Å²) in [5.41, 5.74) is 4.40. The molecule has 1 aromatic carbocycles. The number of hydrogen-bond acceptors (Lipinski definition) is 1. The first-order chi connectivity index (χ1) is 9.62. The zero-order valence-electron chi connectivity index (χ0n) is 12.8. The van der Waals surface area contributed by atoms with E-state index < -0.39 is 0 Å². The molecule has 0 saturated heterocycles. The van der Waals surface area contributed by atoms with Gasteiger partial charge in [-0.25, -0.2) is 0 Å². The van der Waals surface area contributed by atoms with E-state index >= 15 is 0 Å². The van der Waals surface area contributed by atoms with Crippen molar-refractivity contribution >= 4 is 11.3 Å². The van der Waals surface area contributed by atoms with Gasteiger partial charge in [-0.15, -0.1) is 0 Å². The molecule has 1 rings (SSSR count). The maximum atomic E-state index is 3.98. The average molecular weight is 267 g/mol. The van der Waals surface area contributed by atoms with Crippen molar-refractivity contribution in [3.63, 3.8) is 0 Å². The van der Waals surface area contributed by atoms with E-state index in [1.807, 2.05) is 19.1 Å². The highest BCUT2D eigenvalue weighted by Gasteiger charge is 2.03. The highest BCUT2D eigenvalue weighted by atomic mass is 14.8. The third kappa shape index (κ3) is 4.58. The van der Waals surface area contributed by atoms with Crippen molar-refractivity contribution in [1.82, 2.24) is 0 Å². The van der Waals surface area contributed by atoms with Gasteiger partial charge in [-0.05, 0) is 48.1 Å². The van der Waals surface area contributed by atoms with Crippen molar-refractivity contribution < 1.29 is 0 Å². The molecule has 1 nitrogen and oxygen atoms in total. The minimum absolute atomic E-state index is 0.546. The Labute approximate surface area is 123 Å². The number of allylic oxidation sites excluding steroid dienone is 5. The monoisotopic (exact) mass is 267 g/mol. The molecule has 1 unspecified atom stereocenters. The van der Waals surface area contributed by atoms with E-state index in [0.717, 1.165) is 23.2 Å². The lowest BCUT2D eigenvalue weighted by molar-refractivity contribution is 0.669. The molecule has 1 aromatic rings. The summed E-state index contributed by atoms with van der Waals surface area (Å²) in [6.45, 7) is 14.2. The molecule has 0 amide bonds. The van der Waals surface area contributed by atoms with E-state index in [9.17, 15) is 0 Å². The Morgan fingerprint density at radius 3 is 2.75 bits per heavy atom. The number of benzene rings is 1. The van der Waals surface area contributed by atoms with Gasteiger partial charge in [0.1, 0.15) is 0 Å². The number of rotatable bonds is 7. The first-order valence-electron chi connectivity index (χ1n) is 7.13. The highest BCUT2D eigenvalue weighted by Crippen LogP contribution is 2.20. The molecule has 0 aliphatic rings. The molecule has 0 aliphatic heterocycles. The van der Waals surface area contributed by atoms with E-state index in [2.05, 4.69) is 62.8 Å². The van der Waals surface area contributed by atoms with Crippen LogP contribution in [0, 0.1) is 5.92 Å². The highest BCUT2D eigenvalue weighted by molar-refractivity contribution is 5.73. The molecular weight excluding hydrogens is 242 g/mol. The van der Waals surface area contributed by atoms with Crippen LogP contribution in [-0.2, 0) is 0 Å². The largest absolute Gasteiger partial charge is 0.361 e. The molecule has 0 aliphatic carbocycles. The number of hydrogen-bond donors (Lipinski definition) is 1. The molecule has 1 heteroatoms. The molecule has 0 aromatic heterocycles. The zero-order valence-corrected chi connectivity index (χ0v) is 12.8. The standard InChI is InChI=1S/C19H25N/c1-6-10-18(16(5)8-3)14-20-19-12-9-11-17(13-19)15(4)7-2/h6-7,9-14,16,20H,2,4,8H2,1,3,5H3/b10-6-,18-14+. The Kier molecular flexibility index (Phi) is 6.58. The van der Waals surface area contributed by atoms with E-state index in [-0.39, 0.29) is 0 Å². The summed E-state index contributed by atoms with van der Waals surface area (Å²) in [6.07, 6.45) is 9.23. The zero-order chi connectivity index (χ0) is 15.0. The Morgan fingerprint density at radius 2 is 2.15 bits per heavy atom. The van der Waals surface area contributed by atoms with E-state index in [1.54, 1.807) is 6.08 Å². The minimum Gasteiger partial charge on any atom is -0.361 e. The first-order valence-corrected chi connectivity index (χ1v) is 7.13. The molecule has 20 heavy (non-hydrogen) atoms. The Balaban J connectivity index is 2.91. The summed E-state index contributed by atoms with van der Waals surface area (Å²) in [6, 6.07) is 8.21. The Morgan fingerprint density at radius 1 is 1.40 bits per heavy atom. The van der Waals surface area contributed by atoms with Gasteiger partial charge in [0.25, 0.3) is 0 Å². The lowest BCUT2D eigenvalue weighted by Gasteiger charge is -2.12. The fourth-order valence-electron chi connectivity index (χ4n) is 1.88. The molecule has 0 fully saturated rings. The van der Waals surface area contributed by atoms with Crippen molar-refractivity contribution in [3.05, 3.63) is 73.0 Å². The fraction of sp³-hybridized carbons (Fsp3) is 0.263. The average Bonchev–Trinajstić information content (AvgIpc) is 2.50. The van der Waals surface area contributed by atoms with Gasteiger partial charge in [0.2, 0.25) is 0 Å². The quantitative estimate of drug-likeness (QED) is 0.615. The molecule has 0 bridgehead atoms. The van der Waals surface area contributed by atoms with Gasteiger partial charge in [0.15, 0.2) is 0 Å². The van der Waals surface area contributed by atoms with Crippen LogP contribution >= 0.6 is 0 Å². The maximum Gasteiger partial charge on any atom is 0.0386 e. The van der Waals surface area contributed by atoms with Crippen LogP contribution in [0.3, 0.4) is 0 Å². The normalized spacial score (nSPS) is 13.2. The molecule has 1 N–H and O–H groups in total. The second-order valence-electron chi connectivity index (χ2n) is 4.91. The third-order valence-corrected chi connectivity index (χ3v) is 3.43. The summed E-state index contributed by atoms with van der Waals surface area (Å²) in [7, 11) is 0. The summed E-state index contributed by atoms with van der Waals surface area (Å²) in [5, 5.41) is 3.38. The first kappa shape index (κ1) is 16.0. The molecular formula is C19H25N. The smallest absolute Gasteiger partial charge is 0.0386 e. The van der Waals surface area contributed by atoms with Crippen LogP contribution in [0.1, 0.15) is 32.8 Å². The summed E-state index contributed by atoms with van der Waals surface area (Å²) >= 11 is 0. The second-order valence-corrected chi connectivity index (χ2v) is 4.91. The summed E-state index contributed by atoms with van der Waals surface area (Å²) < 4.78 is 0. The maximum absolute atomic E-state index is 3.98. The van der Waals surface area contributed by atoms with E-state index in [0.29, 0.717) is 5.92 Å². The molecule has 0 saturated carbocycles. The van der Waals surface area contributed by atoms with Crippen molar-refractivity contribution in [2.45, 2.75) is 27.2 Å². The number of anilines is 1. The predicted octanol–water partition coefficient (Wildman–Crippen LogP) is 5.80. The van der Waals surface area contributed by atoms with E-state index in [1.165, 1.54) is 5.57 Å². The van der Waals surface area contributed by atoms with Crippen LogP contribution in [0.2, 0.25) is 0 Å². The van der Waals surface area contributed by atoms with E-state index in [4.69, 9.17) is 0 Å². The second kappa shape index (κ2) is 8.21. The van der Waals surface area contributed by atoms with Crippen molar-refractivity contribution in [3.8, 4) is 0 Å². The fourth-order valence-corrected chi connectivity index (χ4v) is 1.88. The van der Waals surface area contributed by atoms with Crippen molar-refractivity contribution in [2.24, 2.45) is 5.92 Å². The SMILES string of the molecule is C=CC(=C)c1cccc(N/C=C(\C=C/C)C(C)CC)c1. The van der Waals surface area contributed by atoms with Gasteiger partial charge in [-0.3, -0.25) is 0 Å². The molecule has 0 heterocycles. The van der Waals surface area contributed by atoms with Gasteiger partial charge in [0.05, 0.1) is 0 Å². The van der Waals surface area contributed by atoms with Crippen LogP contribution in [-0.4, -0.2) is 0 Å². The summed E-state index contributed by atoms with van der Waals surface area (Å²) in [5.74, 6) is 0.546. The predicted molar refractivity (Wildman–Crippen MR) is 91.6 cm³/mol. The molecule has 0 radical (unpaired) electrons. The van der Waals surface area contributed by atoms with Crippen LogP contribution < -0.4 is 5.32 Å². The van der Waals surface area contributed by atoms with Crippen molar-refractivity contribution in [1.29, 1.82) is 0 Å². The van der Waals surface area contributed by atoms with Crippen LogP contribution in [0.4, 0.5) is 5.69 Å². The minimum atomic E-state index is 0.546. The lowest BCUT2D eigenvalue weighted by Crippen LogP contribution is -1.99. The topological polar surface area (TPSA) is 12.0 Å². The van der Waals surface area contributed by atoms with Crippen LogP contribution in [0.5, 0.6) is 0 Å². The van der Waals surface area contributed by atoms with Gasteiger partial charge in [-0.1, -0.05) is 57.4 Å². The number of nitrogens with one attached hydrogen (secondary N) is 1. The van der Waals surface area contributed by atoms with Gasteiger partial charge < -0.3 is 5.32 Å². The van der Waals surface area contributed by atoms with Gasteiger partial charge >= 0.3 is 0 Å². The Hall–Kier alpha value is -2.02. The molecule has 1 atom stereocenters. The van der Waals surface area contributed by atoms with Crippen LogP contribution in [0.15, 0.2) is 67.4 Å².